The number of ether oxygens (including phenoxy) is 1. The van der Waals surface area contributed by atoms with Crippen molar-refractivity contribution in [2.75, 3.05) is 19.0 Å². The number of nitro groups is 1. The van der Waals surface area contributed by atoms with Gasteiger partial charge in [0, 0.05) is 24.4 Å². The second-order valence-corrected chi connectivity index (χ2v) is 5.19. The van der Waals surface area contributed by atoms with Gasteiger partial charge in [-0.05, 0) is 18.3 Å². The Morgan fingerprint density at radius 1 is 1.44 bits per heavy atom. The molecular weight excluding hydrogens is 232 g/mol. The Morgan fingerprint density at radius 2 is 2.17 bits per heavy atom. The number of anilines is 1. The number of nitrogens with one attached hydrogen (secondary N) is 1. The van der Waals surface area contributed by atoms with Gasteiger partial charge in [-0.1, -0.05) is 13.3 Å². The lowest BCUT2D eigenvalue weighted by Gasteiger charge is -2.38. The molecule has 5 heteroatoms. The largest absolute Gasteiger partial charge is 0.496 e. The molecule has 0 aromatic heterocycles. The predicted molar refractivity (Wildman–Crippen MR) is 70.1 cm³/mol. The molecule has 0 heterocycles. The van der Waals surface area contributed by atoms with Crippen LogP contribution in [-0.4, -0.2) is 18.6 Å². The molecule has 18 heavy (non-hydrogen) atoms. The van der Waals surface area contributed by atoms with Crippen LogP contribution in [0, 0.1) is 15.5 Å². The maximum absolute atomic E-state index is 10.8. The third kappa shape index (κ3) is 2.72. The summed E-state index contributed by atoms with van der Waals surface area (Å²) in [6.07, 6.45) is 3.70. The highest BCUT2D eigenvalue weighted by Crippen LogP contribution is 2.40. The van der Waals surface area contributed by atoms with Gasteiger partial charge in [-0.3, -0.25) is 10.1 Å². The molecule has 0 unspecified atom stereocenters. The van der Waals surface area contributed by atoms with Gasteiger partial charge in [-0.2, -0.15) is 0 Å². The molecule has 1 aliphatic rings. The molecule has 1 saturated carbocycles. The Morgan fingerprint density at radius 3 is 2.67 bits per heavy atom. The van der Waals surface area contributed by atoms with Crippen molar-refractivity contribution >= 4 is 11.4 Å². The van der Waals surface area contributed by atoms with Crippen LogP contribution in [-0.2, 0) is 0 Å². The average Bonchev–Trinajstić information content (AvgIpc) is 2.33. The third-order valence-corrected chi connectivity index (χ3v) is 3.62. The fraction of sp³-hybridized carbons (Fsp3) is 0.538. The van der Waals surface area contributed by atoms with Crippen molar-refractivity contribution in [2.45, 2.75) is 26.2 Å². The smallest absolute Gasteiger partial charge is 0.275 e. The molecule has 2 rings (SSSR count). The summed E-state index contributed by atoms with van der Waals surface area (Å²) in [4.78, 5) is 10.4. The number of hydrogen-bond donors (Lipinski definition) is 1. The van der Waals surface area contributed by atoms with Crippen LogP contribution >= 0.6 is 0 Å². The van der Waals surface area contributed by atoms with E-state index in [4.69, 9.17) is 4.74 Å². The van der Waals surface area contributed by atoms with E-state index in [0.717, 1.165) is 12.2 Å². The van der Waals surface area contributed by atoms with Crippen molar-refractivity contribution in [1.29, 1.82) is 0 Å². The summed E-state index contributed by atoms with van der Waals surface area (Å²) in [5, 5.41) is 14.1. The Hall–Kier alpha value is -1.78. The maximum Gasteiger partial charge on any atom is 0.275 e. The van der Waals surface area contributed by atoms with Gasteiger partial charge in [-0.15, -0.1) is 0 Å². The average molecular weight is 250 g/mol. The van der Waals surface area contributed by atoms with Crippen LogP contribution in [0.25, 0.3) is 0 Å². The highest BCUT2D eigenvalue weighted by molar-refractivity contribution is 5.56. The molecule has 0 radical (unpaired) electrons. The molecule has 1 aromatic rings. The van der Waals surface area contributed by atoms with Crippen LogP contribution < -0.4 is 10.1 Å². The lowest BCUT2D eigenvalue weighted by atomic mass is 9.70. The van der Waals surface area contributed by atoms with E-state index in [1.807, 2.05) is 0 Å². The van der Waals surface area contributed by atoms with Gasteiger partial charge in [0.05, 0.1) is 18.1 Å². The monoisotopic (exact) mass is 250 g/mol. The highest BCUT2D eigenvalue weighted by atomic mass is 16.6. The molecule has 1 aromatic carbocycles. The number of hydrogen-bond acceptors (Lipinski definition) is 4. The third-order valence-electron chi connectivity index (χ3n) is 3.62. The lowest BCUT2D eigenvalue weighted by Crippen LogP contribution is -2.33. The predicted octanol–water partition coefficient (Wildman–Crippen LogP) is 3.21. The SMILES string of the molecule is COc1cc(NCC2(C)CCC2)cc([N+](=O)[O-])c1. The molecule has 1 fully saturated rings. The fourth-order valence-electron chi connectivity index (χ4n) is 2.18. The summed E-state index contributed by atoms with van der Waals surface area (Å²) in [6, 6.07) is 4.76. The van der Waals surface area contributed by atoms with Gasteiger partial charge < -0.3 is 10.1 Å². The Labute approximate surface area is 106 Å². The molecule has 1 N–H and O–H groups in total. The quantitative estimate of drug-likeness (QED) is 0.643. The zero-order valence-electron chi connectivity index (χ0n) is 10.7. The van der Waals surface area contributed by atoms with Gasteiger partial charge in [0.25, 0.3) is 5.69 Å². The van der Waals surface area contributed by atoms with E-state index < -0.39 is 4.92 Å². The minimum Gasteiger partial charge on any atom is -0.496 e. The standard InChI is InChI=1S/C13H18N2O3/c1-13(4-3-5-13)9-14-10-6-11(15(16)17)8-12(7-10)18-2/h6-8,14H,3-5,9H2,1-2H3. The van der Waals surface area contributed by atoms with Crippen LogP contribution in [0.3, 0.4) is 0 Å². The summed E-state index contributed by atoms with van der Waals surface area (Å²) in [5.74, 6) is 0.505. The van der Waals surface area contributed by atoms with Crippen molar-refractivity contribution in [3.63, 3.8) is 0 Å². The number of nitrogens with zero attached hydrogens (tertiary/aromatic N) is 1. The summed E-state index contributed by atoms with van der Waals surface area (Å²) in [5.41, 5.74) is 1.13. The Balaban J connectivity index is 2.11. The zero-order valence-corrected chi connectivity index (χ0v) is 10.7. The first kappa shape index (κ1) is 12.7. The summed E-state index contributed by atoms with van der Waals surface area (Å²) in [7, 11) is 1.51. The number of non-ortho nitro benzene ring substituents is 1. The van der Waals surface area contributed by atoms with Crippen molar-refractivity contribution < 1.29 is 9.66 Å². The highest BCUT2D eigenvalue weighted by Gasteiger charge is 2.31. The van der Waals surface area contributed by atoms with Gasteiger partial charge in [0.1, 0.15) is 5.75 Å². The van der Waals surface area contributed by atoms with Gasteiger partial charge in [-0.25, -0.2) is 0 Å². The van der Waals surface area contributed by atoms with Crippen LogP contribution in [0.15, 0.2) is 18.2 Å². The summed E-state index contributed by atoms with van der Waals surface area (Å²) >= 11 is 0. The molecular formula is C13H18N2O3. The van der Waals surface area contributed by atoms with Gasteiger partial charge in [0.2, 0.25) is 0 Å². The topological polar surface area (TPSA) is 64.4 Å². The minimum absolute atomic E-state index is 0.0515. The minimum atomic E-state index is -0.404. The summed E-state index contributed by atoms with van der Waals surface area (Å²) < 4.78 is 5.07. The molecule has 1 aliphatic carbocycles. The van der Waals surface area contributed by atoms with Crippen molar-refractivity contribution in [3.8, 4) is 5.75 Å². The molecule has 0 bridgehead atoms. The van der Waals surface area contributed by atoms with Crippen molar-refractivity contribution in [3.05, 3.63) is 28.3 Å². The van der Waals surface area contributed by atoms with Gasteiger partial charge >= 0.3 is 0 Å². The maximum atomic E-state index is 10.8. The number of benzene rings is 1. The first-order chi connectivity index (χ1) is 8.52. The molecule has 0 aliphatic heterocycles. The van der Waals surface area contributed by atoms with E-state index in [2.05, 4.69) is 12.2 Å². The number of methoxy groups -OCH3 is 1. The second kappa shape index (κ2) is 4.84. The Kier molecular flexibility index (Phi) is 3.41. The van der Waals surface area contributed by atoms with E-state index in [1.54, 1.807) is 12.1 Å². The molecule has 0 saturated heterocycles. The summed E-state index contributed by atoms with van der Waals surface area (Å²) in [6.45, 7) is 3.08. The molecule has 5 nitrogen and oxygen atoms in total. The van der Waals surface area contributed by atoms with E-state index in [-0.39, 0.29) is 5.69 Å². The first-order valence-corrected chi connectivity index (χ1v) is 6.10. The molecule has 0 atom stereocenters. The second-order valence-electron chi connectivity index (χ2n) is 5.19. The normalized spacial score (nSPS) is 16.8. The fourth-order valence-corrected chi connectivity index (χ4v) is 2.18. The van der Waals surface area contributed by atoms with Gasteiger partial charge in [0.15, 0.2) is 0 Å². The zero-order chi connectivity index (χ0) is 13.2. The van der Waals surface area contributed by atoms with Crippen LogP contribution in [0.2, 0.25) is 0 Å². The number of nitro benzene ring substituents is 1. The van der Waals surface area contributed by atoms with E-state index >= 15 is 0 Å². The van der Waals surface area contributed by atoms with E-state index in [0.29, 0.717) is 11.2 Å². The van der Waals surface area contributed by atoms with E-state index in [9.17, 15) is 10.1 Å². The van der Waals surface area contributed by atoms with Crippen LogP contribution in [0.1, 0.15) is 26.2 Å². The van der Waals surface area contributed by atoms with Crippen LogP contribution in [0.4, 0.5) is 11.4 Å². The first-order valence-electron chi connectivity index (χ1n) is 6.10. The van der Waals surface area contributed by atoms with Crippen LogP contribution in [0.5, 0.6) is 5.75 Å². The molecule has 0 spiro atoms. The van der Waals surface area contributed by atoms with Crippen molar-refractivity contribution in [1.82, 2.24) is 0 Å². The molecule has 98 valence electrons. The van der Waals surface area contributed by atoms with Crippen molar-refractivity contribution in [2.24, 2.45) is 5.41 Å². The van der Waals surface area contributed by atoms with E-state index in [1.165, 1.54) is 32.4 Å². The lowest BCUT2D eigenvalue weighted by molar-refractivity contribution is -0.384. The molecule has 0 amide bonds. The Bertz CT molecular complexity index is 456. The number of rotatable bonds is 5.